The van der Waals surface area contributed by atoms with E-state index >= 15 is 0 Å². The fraction of sp³-hybridized carbons (Fsp3) is 0. The number of nitrogens with zero attached hydrogens (tertiary/aromatic N) is 5. The van der Waals surface area contributed by atoms with Crippen LogP contribution >= 0.6 is 0 Å². The van der Waals surface area contributed by atoms with Crippen molar-refractivity contribution in [2.45, 2.75) is 0 Å². The van der Waals surface area contributed by atoms with Gasteiger partial charge in [0.15, 0.2) is 5.65 Å². The molecule has 0 fully saturated rings. The minimum absolute atomic E-state index is 0.713. The monoisotopic (exact) mass is 190 g/mol. The maximum Gasteiger partial charge on any atom is 0.180 e. The van der Waals surface area contributed by atoms with Gasteiger partial charge in [-0.15, -0.1) is 5.10 Å². The van der Waals surface area contributed by atoms with Gasteiger partial charge >= 0.3 is 0 Å². The highest BCUT2D eigenvalue weighted by atomic mass is 16.5. The highest BCUT2D eigenvalue weighted by molar-refractivity contribution is 5.67. The molecule has 0 aromatic carbocycles. The molecule has 3 heterocycles. The average Bonchev–Trinajstić information content (AvgIpc) is 2.92. The van der Waals surface area contributed by atoms with Gasteiger partial charge in [0.05, 0.1) is 18.7 Å². The smallest absolute Gasteiger partial charge is 0.180 e. The van der Waals surface area contributed by atoms with E-state index in [9.17, 15) is 0 Å². The predicted octanol–water partition coefficient (Wildman–Crippen LogP) is 0.422. The van der Waals surface area contributed by atoms with Gasteiger partial charge in [-0.1, -0.05) is 0 Å². The Morgan fingerprint density at radius 2 is 2.29 bits per heavy atom. The molecule has 0 aliphatic rings. The van der Waals surface area contributed by atoms with E-state index in [0.29, 0.717) is 5.65 Å². The molecule has 0 aliphatic heterocycles. The molecule has 0 radical (unpaired) electrons. The lowest BCUT2D eigenvalue weighted by atomic mass is 10.6. The molecule has 3 aromatic rings. The van der Waals surface area contributed by atoms with E-state index in [1.165, 1.54) is 18.8 Å². The Kier molecular flexibility index (Phi) is 2.42. The molecule has 7 heteroatoms. The van der Waals surface area contributed by atoms with Crippen LogP contribution in [0.2, 0.25) is 0 Å². The summed E-state index contributed by atoms with van der Waals surface area (Å²) in [6.07, 6.45) is 7.64. The molecule has 3 rings (SSSR count). The summed E-state index contributed by atoms with van der Waals surface area (Å²) in [7, 11) is 0. The molecular weight excluding hydrogens is 184 g/mol. The number of aromatic amines is 1. The van der Waals surface area contributed by atoms with Crippen molar-refractivity contribution in [2.75, 3.05) is 0 Å². The van der Waals surface area contributed by atoms with Crippen LogP contribution in [0.3, 0.4) is 0 Å². The lowest BCUT2D eigenvalue weighted by molar-refractivity contribution is 0.393. The van der Waals surface area contributed by atoms with Crippen LogP contribution in [0, 0.1) is 0 Å². The SMILES string of the molecule is c1conn1.c1ncc2[nH]cnc2n1. The van der Waals surface area contributed by atoms with Crippen molar-refractivity contribution < 1.29 is 4.52 Å². The van der Waals surface area contributed by atoms with Crippen molar-refractivity contribution in [1.29, 1.82) is 0 Å². The van der Waals surface area contributed by atoms with E-state index in [4.69, 9.17) is 0 Å². The van der Waals surface area contributed by atoms with Crippen LogP contribution < -0.4 is 0 Å². The largest absolute Gasteiger partial charge is 0.346 e. The molecule has 0 bridgehead atoms. The van der Waals surface area contributed by atoms with Gasteiger partial charge in [-0.2, -0.15) is 0 Å². The first-order valence-corrected chi connectivity index (χ1v) is 3.77. The molecule has 3 aromatic heterocycles. The van der Waals surface area contributed by atoms with Crippen molar-refractivity contribution in [3.63, 3.8) is 0 Å². The van der Waals surface area contributed by atoms with Crippen LogP contribution in [0.1, 0.15) is 0 Å². The summed E-state index contributed by atoms with van der Waals surface area (Å²) in [6, 6.07) is 0. The number of imidazole rings is 1. The Morgan fingerprint density at radius 3 is 2.93 bits per heavy atom. The molecule has 0 atom stereocenters. The lowest BCUT2D eigenvalue weighted by Crippen LogP contribution is -1.76. The van der Waals surface area contributed by atoms with Gasteiger partial charge in [-0.05, 0) is 0 Å². The molecule has 70 valence electrons. The molecule has 0 spiro atoms. The highest BCUT2D eigenvalue weighted by Gasteiger charge is 1.91. The van der Waals surface area contributed by atoms with Crippen LogP contribution in [0.15, 0.2) is 35.8 Å². The van der Waals surface area contributed by atoms with Gasteiger partial charge in [0.25, 0.3) is 0 Å². The minimum atomic E-state index is 0.713. The zero-order chi connectivity index (χ0) is 9.64. The van der Waals surface area contributed by atoms with Crippen LogP contribution in [0.4, 0.5) is 0 Å². The Labute approximate surface area is 78.2 Å². The van der Waals surface area contributed by atoms with Crippen molar-refractivity contribution in [2.24, 2.45) is 0 Å². The zero-order valence-corrected chi connectivity index (χ0v) is 7.03. The third-order valence-corrected chi connectivity index (χ3v) is 1.38. The lowest BCUT2D eigenvalue weighted by Gasteiger charge is -1.80. The van der Waals surface area contributed by atoms with Crippen LogP contribution in [0.25, 0.3) is 11.2 Å². The fourth-order valence-electron chi connectivity index (χ4n) is 0.827. The number of nitrogens with one attached hydrogen (secondary N) is 1. The van der Waals surface area contributed by atoms with Crippen LogP contribution in [0.5, 0.6) is 0 Å². The zero-order valence-electron chi connectivity index (χ0n) is 7.03. The molecule has 14 heavy (non-hydrogen) atoms. The molecular formula is C7H6N6O. The van der Waals surface area contributed by atoms with E-state index < -0.39 is 0 Å². The summed E-state index contributed by atoms with van der Waals surface area (Å²) >= 11 is 0. The quantitative estimate of drug-likeness (QED) is 0.552. The fourth-order valence-corrected chi connectivity index (χ4v) is 0.827. The summed E-state index contributed by atoms with van der Waals surface area (Å²) in [5, 5.41) is 6.40. The normalized spacial score (nSPS) is 9.43. The number of fused-ring (bicyclic) bond motifs is 1. The van der Waals surface area contributed by atoms with Crippen molar-refractivity contribution in [3.8, 4) is 0 Å². The van der Waals surface area contributed by atoms with Crippen molar-refractivity contribution in [3.05, 3.63) is 31.3 Å². The molecule has 0 saturated heterocycles. The van der Waals surface area contributed by atoms with Gasteiger partial charge in [0, 0.05) is 5.27 Å². The van der Waals surface area contributed by atoms with E-state index in [2.05, 4.69) is 34.8 Å². The van der Waals surface area contributed by atoms with E-state index in [1.54, 1.807) is 12.5 Å². The number of H-pyrrole nitrogens is 1. The van der Waals surface area contributed by atoms with E-state index in [0.717, 1.165) is 5.52 Å². The minimum Gasteiger partial charge on any atom is -0.346 e. The predicted molar refractivity (Wildman–Crippen MR) is 46.0 cm³/mol. The average molecular weight is 190 g/mol. The Bertz CT molecular complexity index is 428. The number of hydrogen-bond donors (Lipinski definition) is 1. The molecule has 1 N–H and O–H groups in total. The molecule has 0 saturated carbocycles. The first-order valence-electron chi connectivity index (χ1n) is 3.77. The van der Waals surface area contributed by atoms with E-state index in [-0.39, 0.29) is 0 Å². The first-order chi connectivity index (χ1) is 6.97. The van der Waals surface area contributed by atoms with Gasteiger partial charge < -0.3 is 9.51 Å². The van der Waals surface area contributed by atoms with Crippen LogP contribution in [-0.4, -0.2) is 30.3 Å². The summed E-state index contributed by atoms with van der Waals surface area (Å²) in [5.41, 5.74) is 1.59. The molecule has 0 amide bonds. The van der Waals surface area contributed by atoms with Gasteiger partial charge in [0.1, 0.15) is 18.1 Å². The number of hydrogen-bond acceptors (Lipinski definition) is 6. The Morgan fingerprint density at radius 1 is 1.29 bits per heavy atom. The third kappa shape index (κ3) is 1.89. The van der Waals surface area contributed by atoms with Gasteiger partial charge in [0.2, 0.25) is 0 Å². The Balaban J connectivity index is 0.000000128. The van der Waals surface area contributed by atoms with Gasteiger partial charge in [-0.3, -0.25) is 0 Å². The summed E-state index contributed by atoms with van der Waals surface area (Å²) in [6.45, 7) is 0. The third-order valence-electron chi connectivity index (χ3n) is 1.38. The second-order valence-corrected chi connectivity index (χ2v) is 2.25. The second-order valence-electron chi connectivity index (χ2n) is 2.25. The molecule has 0 unspecified atom stereocenters. The summed E-state index contributed by atoms with van der Waals surface area (Å²) < 4.78 is 4.22. The van der Waals surface area contributed by atoms with Crippen molar-refractivity contribution in [1.82, 2.24) is 30.3 Å². The Hall–Kier alpha value is -2.31. The summed E-state index contributed by atoms with van der Waals surface area (Å²) in [4.78, 5) is 14.5. The maximum absolute atomic E-state index is 4.22. The van der Waals surface area contributed by atoms with Gasteiger partial charge in [-0.25, -0.2) is 15.0 Å². The van der Waals surface area contributed by atoms with E-state index in [1.807, 2.05) is 0 Å². The topological polar surface area (TPSA) is 93.4 Å². The van der Waals surface area contributed by atoms with Crippen molar-refractivity contribution >= 4 is 11.2 Å². The number of aromatic nitrogens is 6. The number of rotatable bonds is 0. The molecule has 0 aliphatic carbocycles. The molecule has 7 nitrogen and oxygen atoms in total. The van der Waals surface area contributed by atoms with Crippen LogP contribution in [-0.2, 0) is 0 Å². The first kappa shape index (κ1) is 8.30. The second kappa shape index (κ2) is 4.08. The maximum atomic E-state index is 4.22. The summed E-state index contributed by atoms with van der Waals surface area (Å²) in [5.74, 6) is 0. The standard InChI is InChI=1S/C5H4N4.C2H2N2O/c1-4-5(8-2-6-1)9-3-7-4;1-2-5-4-3-1/h1-3H,(H,6,7,8,9);1-2H. The highest BCUT2D eigenvalue weighted by Crippen LogP contribution is 1.99.